The van der Waals surface area contributed by atoms with Gasteiger partial charge in [-0.3, -0.25) is 4.79 Å². The van der Waals surface area contributed by atoms with Gasteiger partial charge in [-0.25, -0.2) is 4.79 Å². The maximum absolute atomic E-state index is 11.5. The van der Waals surface area contributed by atoms with Crippen LogP contribution in [0.5, 0.6) is 0 Å². The second-order valence-electron chi connectivity index (χ2n) is 3.56. The second-order valence-corrected chi connectivity index (χ2v) is 3.56. The van der Waals surface area contributed by atoms with Crippen LogP contribution in [0.4, 0.5) is 0 Å². The van der Waals surface area contributed by atoms with Gasteiger partial charge < -0.3 is 9.47 Å². The quantitative estimate of drug-likeness (QED) is 0.752. The number of carbonyl (C=O) groups is 2. The third-order valence-electron chi connectivity index (χ3n) is 2.46. The first-order valence-corrected chi connectivity index (χ1v) is 5.30. The molecule has 0 bridgehead atoms. The molecule has 0 radical (unpaired) electrons. The Labute approximate surface area is 105 Å². The molecule has 0 aromatic heterocycles. The smallest absolute Gasteiger partial charge is 0.339 e. The molecule has 0 saturated carbocycles. The van der Waals surface area contributed by atoms with E-state index >= 15 is 0 Å². The first-order chi connectivity index (χ1) is 8.62. The molecule has 18 heavy (non-hydrogen) atoms. The van der Waals surface area contributed by atoms with Gasteiger partial charge in [0.15, 0.2) is 0 Å². The third kappa shape index (κ3) is 3.32. The molecule has 0 saturated heterocycles. The predicted octanol–water partition coefficient (Wildman–Crippen LogP) is 1.45. The third-order valence-corrected chi connectivity index (χ3v) is 2.46. The van der Waals surface area contributed by atoms with Crippen LogP contribution in [0.15, 0.2) is 18.2 Å². The van der Waals surface area contributed by atoms with E-state index in [2.05, 4.69) is 9.47 Å². The maximum atomic E-state index is 11.5. The van der Waals surface area contributed by atoms with Gasteiger partial charge in [0.1, 0.15) is 6.07 Å². The van der Waals surface area contributed by atoms with Gasteiger partial charge >= 0.3 is 11.9 Å². The van der Waals surface area contributed by atoms with E-state index in [9.17, 15) is 9.59 Å². The zero-order chi connectivity index (χ0) is 13.5. The Morgan fingerprint density at radius 1 is 1.28 bits per heavy atom. The monoisotopic (exact) mass is 247 g/mol. The average Bonchev–Trinajstić information content (AvgIpc) is 2.43. The lowest BCUT2D eigenvalue weighted by atomic mass is 10.0. The molecule has 1 rings (SSSR count). The zero-order valence-electron chi connectivity index (χ0n) is 10.2. The van der Waals surface area contributed by atoms with Crippen LogP contribution in [0.25, 0.3) is 0 Å². The number of benzene rings is 1. The van der Waals surface area contributed by atoms with Crippen molar-refractivity contribution in [3.05, 3.63) is 34.9 Å². The highest BCUT2D eigenvalue weighted by molar-refractivity contribution is 5.92. The summed E-state index contributed by atoms with van der Waals surface area (Å²) in [5.41, 5.74) is 1.24. The Bertz CT molecular complexity index is 502. The number of hydrogen-bond acceptors (Lipinski definition) is 5. The lowest BCUT2D eigenvalue weighted by Gasteiger charge is -2.05. The summed E-state index contributed by atoms with van der Waals surface area (Å²) >= 11 is 0. The minimum atomic E-state index is -0.563. The molecule has 0 atom stereocenters. The van der Waals surface area contributed by atoms with Crippen molar-refractivity contribution in [2.24, 2.45) is 0 Å². The molecule has 94 valence electrons. The summed E-state index contributed by atoms with van der Waals surface area (Å²) in [6, 6.07) is 6.73. The van der Waals surface area contributed by atoms with Crippen molar-refractivity contribution in [1.29, 1.82) is 5.26 Å². The van der Waals surface area contributed by atoms with E-state index in [1.165, 1.54) is 14.2 Å². The van der Waals surface area contributed by atoms with Crippen LogP contribution in [0.2, 0.25) is 0 Å². The van der Waals surface area contributed by atoms with Gasteiger partial charge in [0, 0.05) is 6.42 Å². The van der Waals surface area contributed by atoms with Crippen LogP contribution >= 0.6 is 0 Å². The fraction of sp³-hybridized carbons (Fsp3) is 0.308. The van der Waals surface area contributed by atoms with Crippen molar-refractivity contribution in [3.8, 4) is 6.07 Å². The highest BCUT2D eigenvalue weighted by atomic mass is 16.5. The van der Waals surface area contributed by atoms with Crippen LogP contribution in [0, 0.1) is 11.3 Å². The number of nitriles is 1. The molecule has 0 aliphatic carbocycles. The molecule has 5 heteroatoms. The highest BCUT2D eigenvalue weighted by Gasteiger charge is 2.13. The Kier molecular flexibility index (Phi) is 4.88. The molecule has 0 N–H and O–H groups in total. The minimum Gasteiger partial charge on any atom is -0.469 e. The van der Waals surface area contributed by atoms with E-state index in [0.717, 1.165) is 5.56 Å². The van der Waals surface area contributed by atoms with Crippen molar-refractivity contribution in [1.82, 2.24) is 0 Å². The molecular weight excluding hydrogens is 234 g/mol. The number of carbonyl (C=O) groups excluding carboxylic acids is 2. The number of esters is 2. The molecule has 0 unspecified atom stereocenters. The van der Waals surface area contributed by atoms with Gasteiger partial charge in [-0.15, -0.1) is 0 Å². The number of methoxy groups -OCH3 is 2. The SMILES string of the molecule is COC(=O)CCc1ccc(C#N)c(C(=O)OC)c1. The van der Waals surface area contributed by atoms with Crippen molar-refractivity contribution in [2.75, 3.05) is 14.2 Å². The van der Waals surface area contributed by atoms with Gasteiger partial charge in [-0.05, 0) is 24.1 Å². The van der Waals surface area contributed by atoms with E-state index in [1.807, 2.05) is 6.07 Å². The van der Waals surface area contributed by atoms with E-state index in [1.54, 1.807) is 18.2 Å². The van der Waals surface area contributed by atoms with Gasteiger partial charge in [0.05, 0.1) is 25.3 Å². The standard InChI is InChI=1S/C13H13NO4/c1-17-12(15)6-4-9-3-5-10(8-14)11(7-9)13(16)18-2/h3,5,7H,4,6H2,1-2H3. The molecule has 1 aromatic rings. The summed E-state index contributed by atoms with van der Waals surface area (Å²) < 4.78 is 9.13. The van der Waals surface area contributed by atoms with Crippen molar-refractivity contribution >= 4 is 11.9 Å². The Hall–Kier alpha value is -2.35. The number of ether oxygens (including phenoxy) is 2. The lowest BCUT2D eigenvalue weighted by molar-refractivity contribution is -0.140. The molecule has 0 aliphatic rings. The largest absolute Gasteiger partial charge is 0.469 e. The first kappa shape index (κ1) is 13.7. The molecule has 5 nitrogen and oxygen atoms in total. The minimum absolute atomic E-state index is 0.211. The number of aryl methyl sites for hydroxylation is 1. The van der Waals surface area contributed by atoms with Crippen LogP contribution in [-0.2, 0) is 20.7 Å². The molecule has 0 fully saturated rings. The van der Waals surface area contributed by atoms with E-state index in [-0.39, 0.29) is 23.5 Å². The normalized spacial score (nSPS) is 9.39. The van der Waals surface area contributed by atoms with Gasteiger partial charge in [-0.2, -0.15) is 5.26 Å². The van der Waals surface area contributed by atoms with E-state index < -0.39 is 5.97 Å². The molecule has 0 heterocycles. The summed E-state index contributed by atoms with van der Waals surface area (Å²) in [4.78, 5) is 22.5. The maximum Gasteiger partial charge on any atom is 0.339 e. The summed E-state index contributed by atoms with van der Waals surface area (Å²) in [5.74, 6) is -0.884. The number of rotatable bonds is 4. The fourth-order valence-electron chi connectivity index (χ4n) is 1.47. The summed E-state index contributed by atoms with van der Waals surface area (Å²) in [6.45, 7) is 0. The Morgan fingerprint density at radius 2 is 2.00 bits per heavy atom. The molecule has 0 aliphatic heterocycles. The number of nitrogens with zero attached hydrogens (tertiary/aromatic N) is 1. The summed E-state index contributed by atoms with van der Waals surface area (Å²) in [6.07, 6.45) is 0.672. The van der Waals surface area contributed by atoms with Gasteiger partial charge in [0.25, 0.3) is 0 Å². The zero-order valence-corrected chi connectivity index (χ0v) is 10.2. The van der Waals surface area contributed by atoms with Crippen LogP contribution in [0.1, 0.15) is 27.9 Å². The van der Waals surface area contributed by atoms with Gasteiger partial charge in [0.2, 0.25) is 0 Å². The van der Waals surface area contributed by atoms with Crippen molar-refractivity contribution in [2.45, 2.75) is 12.8 Å². The molecule has 0 amide bonds. The number of hydrogen-bond donors (Lipinski definition) is 0. The average molecular weight is 247 g/mol. The van der Waals surface area contributed by atoms with Crippen LogP contribution < -0.4 is 0 Å². The Morgan fingerprint density at radius 3 is 2.56 bits per heavy atom. The first-order valence-electron chi connectivity index (χ1n) is 5.30. The van der Waals surface area contributed by atoms with E-state index in [4.69, 9.17) is 5.26 Å². The topological polar surface area (TPSA) is 76.4 Å². The van der Waals surface area contributed by atoms with Crippen LogP contribution in [0.3, 0.4) is 0 Å². The predicted molar refractivity (Wildman–Crippen MR) is 62.8 cm³/mol. The second kappa shape index (κ2) is 6.40. The molecular formula is C13H13NO4. The van der Waals surface area contributed by atoms with Crippen LogP contribution in [-0.4, -0.2) is 26.2 Å². The lowest BCUT2D eigenvalue weighted by Crippen LogP contribution is -2.06. The van der Waals surface area contributed by atoms with Crippen molar-refractivity contribution < 1.29 is 19.1 Å². The Balaban J connectivity index is 2.93. The summed E-state index contributed by atoms with van der Waals surface area (Å²) in [7, 11) is 2.58. The van der Waals surface area contributed by atoms with E-state index in [0.29, 0.717) is 6.42 Å². The van der Waals surface area contributed by atoms with Crippen molar-refractivity contribution in [3.63, 3.8) is 0 Å². The highest BCUT2D eigenvalue weighted by Crippen LogP contribution is 2.14. The molecule has 0 spiro atoms. The summed E-state index contributed by atoms with van der Waals surface area (Å²) in [5, 5.41) is 8.88. The molecule has 1 aromatic carbocycles. The van der Waals surface area contributed by atoms with Gasteiger partial charge in [-0.1, -0.05) is 6.07 Å². The fourth-order valence-corrected chi connectivity index (χ4v) is 1.47.